The van der Waals surface area contributed by atoms with Gasteiger partial charge in [-0.25, -0.2) is 4.90 Å². The maximum absolute atomic E-state index is 13.7. The van der Waals surface area contributed by atoms with Crippen molar-refractivity contribution >= 4 is 34.7 Å². The minimum absolute atomic E-state index is 0.217. The van der Waals surface area contributed by atoms with Crippen LogP contribution in [0, 0.1) is 13.8 Å². The Hall–Kier alpha value is -2.63. The molecule has 2 amide bonds. The van der Waals surface area contributed by atoms with Crippen LogP contribution in [0.5, 0.6) is 0 Å². The lowest BCUT2D eigenvalue weighted by Gasteiger charge is -2.36. The topological polar surface area (TPSA) is 43.9 Å². The number of imide groups is 1. The number of carbonyl (C=O) groups is 2. The molecule has 0 unspecified atom stereocenters. The van der Waals surface area contributed by atoms with Gasteiger partial charge in [-0.05, 0) is 82.2 Å². The lowest BCUT2D eigenvalue weighted by molar-refractivity contribution is -0.120. The standard InChI is InChI=1S/C25H28ClN3O2/c1-16-5-10-21(17(2)15-16)22-23(28(4)19-11-13-27(3)14-12-19)25(31)29(24(22)30)20-8-6-18(26)7-9-20/h5-10,15,19H,11-14H2,1-4H3. The van der Waals surface area contributed by atoms with Crippen LogP contribution in [0.2, 0.25) is 5.02 Å². The van der Waals surface area contributed by atoms with E-state index in [9.17, 15) is 9.59 Å². The van der Waals surface area contributed by atoms with Crippen molar-refractivity contribution in [2.24, 2.45) is 0 Å². The summed E-state index contributed by atoms with van der Waals surface area (Å²) in [6.45, 7) is 5.97. The molecule has 5 nitrogen and oxygen atoms in total. The summed E-state index contributed by atoms with van der Waals surface area (Å²) < 4.78 is 0. The molecule has 2 aliphatic heterocycles. The van der Waals surface area contributed by atoms with Gasteiger partial charge in [0.1, 0.15) is 5.70 Å². The van der Waals surface area contributed by atoms with Crippen LogP contribution in [-0.2, 0) is 9.59 Å². The van der Waals surface area contributed by atoms with E-state index in [1.807, 2.05) is 37.9 Å². The smallest absolute Gasteiger partial charge is 0.282 e. The van der Waals surface area contributed by atoms with Crippen molar-refractivity contribution in [2.45, 2.75) is 32.7 Å². The first-order valence-corrected chi connectivity index (χ1v) is 11.0. The third kappa shape index (κ3) is 4.00. The second-order valence-electron chi connectivity index (χ2n) is 8.61. The van der Waals surface area contributed by atoms with Crippen molar-refractivity contribution in [1.82, 2.24) is 9.80 Å². The van der Waals surface area contributed by atoms with Crippen LogP contribution in [0.25, 0.3) is 5.57 Å². The molecule has 2 heterocycles. The SMILES string of the molecule is Cc1ccc(C2=C(N(C)C3CCN(C)CC3)C(=O)N(c3ccc(Cl)cc3)C2=O)c(C)c1. The summed E-state index contributed by atoms with van der Waals surface area (Å²) in [6, 6.07) is 13.1. The van der Waals surface area contributed by atoms with Crippen LogP contribution in [0.1, 0.15) is 29.5 Å². The minimum atomic E-state index is -0.283. The van der Waals surface area contributed by atoms with E-state index in [1.165, 1.54) is 4.90 Å². The number of nitrogens with zero attached hydrogens (tertiary/aromatic N) is 3. The monoisotopic (exact) mass is 437 g/mol. The molecule has 0 aromatic heterocycles. The Bertz CT molecular complexity index is 1050. The van der Waals surface area contributed by atoms with Gasteiger partial charge in [0.15, 0.2) is 0 Å². The van der Waals surface area contributed by atoms with Gasteiger partial charge in [-0.15, -0.1) is 0 Å². The van der Waals surface area contributed by atoms with Crippen LogP contribution in [0.15, 0.2) is 48.2 Å². The molecular weight excluding hydrogens is 410 g/mol. The summed E-state index contributed by atoms with van der Waals surface area (Å²) in [5, 5.41) is 0.564. The Morgan fingerprint density at radius 1 is 0.968 bits per heavy atom. The number of hydrogen-bond acceptors (Lipinski definition) is 4. The Balaban J connectivity index is 1.81. The third-order valence-electron chi connectivity index (χ3n) is 6.38. The van der Waals surface area contributed by atoms with E-state index in [4.69, 9.17) is 11.6 Å². The number of likely N-dealkylation sites (N-methyl/N-ethyl adjacent to an activating group) is 1. The molecule has 6 heteroatoms. The van der Waals surface area contributed by atoms with Gasteiger partial charge in [-0.3, -0.25) is 9.59 Å². The highest BCUT2D eigenvalue weighted by molar-refractivity contribution is 6.45. The molecule has 162 valence electrons. The van der Waals surface area contributed by atoms with Gasteiger partial charge in [-0.1, -0.05) is 35.4 Å². The first-order chi connectivity index (χ1) is 14.8. The number of amides is 2. The van der Waals surface area contributed by atoms with E-state index < -0.39 is 0 Å². The largest absolute Gasteiger partial charge is 0.366 e. The number of hydrogen-bond donors (Lipinski definition) is 0. The number of carbonyl (C=O) groups excluding carboxylic acids is 2. The number of rotatable bonds is 4. The Morgan fingerprint density at radius 2 is 1.61 bits per heavy atom. The van der Waals surface area contributed by atoms with Crippen molar-refractivity contribution in [2.75, 3.05) is 32.1 Å². The zero-order chi connectivity index (χ0) is 22.3. The van der Waals surface area contributed by atoms with Crippen LogP contribution >= 0.6 is 11.6 Å². The van der Waals surface area contributed by atoms with E-state index >= 15 is 0 Å². The fourth-order valence-electron chi connectivity index (χ4n) is 4.57. The van der Waals surface area contributed by atoms with E-state index in [-0.39, 0.29) is 17.9 Å². The van der Waals surface area contributed by atoms with Crippen molar-refractivity contribution < 1.29 is 9.59 Å². The number of aryl methyl sites for hydroxylation is 2. The highest BCUT2D eigenvalue weighted by Crippen LogP contribution is 2.37. The number of halogens is 1. The number of likely N-dealkylation sites (tertiary alicyclic amines) is 1. The highest BCUT2D eigenvalue weighted by atomic mass is 35.5. The molecule has 2 aliphatic rings. The molecule has 31 heavy (non-hydrogen) atoms. The summed E-state index contributed by atoms with van der Waals surface area (Å²) in [6.07, 6.45) is 1.91. The fraction of sp³-hybridized carbons (Fsp3) is 0.360. The van der Waals surface area contributed by atoms with Crippen LogP contribution in [0.3, 0.4) is 0 Å². The summed E-state index contributed by atoms with van der Waals surface area (Å²) in [5.41, 5.74) is 4.44. The molecule has 1 fully saturated rings. The average molecular weight is 438 g/mol. The molecule has 2 aromatic rings. The molecule has 0 spiro atoms. The summed E-state index contributed by atoms with van der Waals surface area (Å²) in [7, 11) is 4.06. The van der Waals surface area contributed by atoms with Crippen LogP contribution in [0.4, 0.5) is 5.69 Å². The quantitative estimate of drug-likeness (QED) is 0.670. The van der Waals surface area contributed by atoms with Crippen molar-refractivity contribution in [3.8, 4) is 0 Å². The first kappa shape index (κ1) is 21.6. The maximum atomic E-state index is 13.7. The van der Waals surface area contributed by atoms with Gasteiger partial charge >= 0.3 is 0 Å². The Labute approximate surface area is 188 Å². The average Bonchev–Trinajstić information content (AvgIpc) is 2.99. The van der Waals surface area contributed by atoms with Gasteiger partial charge in [0, 0.05) is 18.1 Å². The van der Waals surface area contributed by atoms with E-state index in [0.717, 1.165) is 42.6 Å². The van der Waals surface area contributed by atoms with Crippen molar-refractivity contribution in [3.63, 3.8) is 0 Å². The number of anilines is 1. The predicted molar refractivity (Wildman–Crippen MR) is 125 cm³/mol. The molecule has 0 bridgehead atoms. The molecular formula is C25H28ClN3O2. The van der Waals surface area contributed by atoms with Gasteiger partial charge in [0.05, 0.1) is 11.3 Å². The number of piperidine rings is 1. The first-order valence-electron chi connectivity index (χ1n) is 10.7. The van der Waals surface area contributed by atoms with E-state index in [1.54, 1.807) is 24.3 Å². The lowest BCUT2D eigenvalue weighted by Crippen LogP contribution is -2.43. The number of benzene rings is 2. The van der Waals surface area contributed by atoms with E-state index in [2.05, 4.69) is 18.0 Å². The molecule has 0 N–H and O–H groups in total. The van der Waals surface area contributed by atoms with Crippen LogP contribution in [-0.4, -0.2) is 54.8 Å². The lowest BCUT2D eigenvalue weighted by atomic mass is 9.96. The fourth-order valence-corrected chi connectivity index (χ4v) is 4.70. The zero-order valence-corrected chi connectivity index (χ0v) is 19.2. The van der Waals surface area contributed by atoms with Gasteiger partial charge in [0.2, 0.25) is 0 Å². The molecule has 0 atom stereocenters. The molecule has 0 saturated carbocycles. The highest BCUT2D eigenvalue weighted by Gasteiger charge is 2.43. The minimum Gasteiger partial charge on any atom is -0.366 e. The van der Waals surface area contributed by atoms with Gasteiger partial charge in [-0.2, -0.15) is 0 Å². The Kier molecular flexibility index (Phi) is 5.91. The predicted octanol–water partition coefficient (Wildman–Crippen LogP) is 4.27. The van der Waals surface area contributed by atoms with Gasteiger partial charge in [0.25, 0.3) is 11.8 Å². The summed E-state index contributed by atoms with van der Waals surface area (Å²) in [4.78, 5) is 33.0. The molecule has 2 aromatic carbocycles. The van der Waals surface area contributed by atoms with Crippen LogP contribution < -0.4 is 4.90 Å². The third-order valence-corrected chi connectivity index (χ3v) is 6.64. The van der Waals surface area contributed by atoms with E-state index in [0.29, 0.717) is 22.0 Å². The van der Waals surface area contributed by atoms with Crippen molar-refractivity contribution in [1.29, 1.82) is 0 Å². The second kappa shape index (κ2) is 8.48. The summed E-state index contributed by atoms with van der Waals surface area (Å²) >= 11 is 6.03. The second-order valence-corrected chi connectivity index (χ2v) is 9.05. The molecule has 4 rings (SSSR count). The van der Waals surface area contributed by atoms with Crippen molar-refractivity contribution in [3.05, 3.63) is 69.9 Å². The molecule has 0 radical (unpaired) electrons. The normalized spacial score (nSPS) is 18.3. The zero-order valence-electron chi connectivity index (χ0n) is 18.5. The molecule has 1 saturated heterocycles. The maximum Gasteiger partial charge on any atom is 0.282 e. The summed E-state index contributed by atoms with van der Waals surface area (Å²) in [5.74, 6) is -0.558. The molecule has 0 aliphatic carbocycles. The van der Waals surface area contributed by atoms with Gasteiger partial charge < -0.3 is 9.80 Å². The Morgan fingerprint density at radius 3 is 2.23 bits per heavy atom.